The van der Waals surface area contributed by atoms with E-state index in [1.165, 1.54) is 18.9 Å². The average molecular weight is 262 g/mol. The summed E-state index contributed by atoms with van der Waals surface area (Å²) in [6.45, 7) is 0. The highest BCUT2D eigenvalue weighted by atomic mass is 35.5. The highest BCUT2D eigenvalue weighted by Crippen LogP contribution is 2.32. The fourth-order valence-electron chi connectivity index (χ4n) is 1.89. The number of rotatable bonds is 3. The second kappa shape index (κ2) is 4.53. The summed E-state index contributed by atoms with van der Waals surface area (Å²) in [4.78, 5) is 16.1. The Balaban J connectivity index is 1.89. The standard InChI is InChI=1S/C13H12ClN3O/c14-12-6-11(18)13(17-16-12)9-3-4-10(15-7-9)5-8-1-2-8/h3-4,6-8H,1-2,5H2,(H,16,18). The van der Waals surface area contributed by atoms with Crippen LogP contribution in [0.1, 0.15) is 18.5 Å². The number of hydrogen-bond acceptors (Lipinski definition) is 3. The normalized spacial score (nSPS) is 14.7. The van der Waals surface area contributed by atoms with Gasteiger partial charge in [0.25, 0.3) is 0 Å². The fraction of sp³-hybridized carbons (Fsp3) is 0.308. The van der Waals surface area contributed by atoms with E-state index in [-0.39, 0.29) is 10.6 Å². The van der Waals surface area contributed by atoms with Crippen molar-refractivity contribution in [2.75, 3.05) is 0 Å². The van der Waals surface area contributed by atoms with Gasteiger partial charge in [-0.2, -0.15) is 5.10 Å². The zero-order chi connectivity index (χ0) is 12.5. The summed E-state index contributed by atoms with van der Waals surface area (Å²) < 4.78 is 0. The van der Waals surface area contributed by atoms with Crippen LogP contribution in [0.3, 0.4) is 0 Å². The molecular weight excluding hydrogens is 250 g/mol. The highest BCUT2D eigenvalue weighted by Gasteiger charge is 2.21. The maximum Gasteiger partial charge on any atom is 0.209 e. The largest absolute Gasteiger partial charge is 0.287 e. The third-order valence-electron chi connectivity index (χ3n) is 3.06. The van der Waals surface area contributed by atoms with E-state index in [0.717, 1.165) is 18.0 Å². The van der Waals surface area contributed by atoms with Crippen molar-refractivity contribution in [1.82, 2.24) is 15.2 Å². The molecule has 1 N–H and O–H groups in total. The monoisotopic (exact) mass is 261 g/mol. The van der Waals surface area contributed by atoms with Crippen LogP contribution in [0.5, 0.6) is 0 Å². The molecule has 1 aliphatic rings. The molecule has 0 saturated heterocycles. The van der Waals surface area contributed by atoms with Crippen LogP contribution in [0.2, 0.25) is 5.15 Å². The molecule has 0 aromatic carbocycles. The van der Waals surface area contributed by atoms with Gasteiger partial charge in [0.1, 0.15) is 10.8 Å². The van der Waals surface area contributed by atoms with Gasteiger partial charge in [0.15, 0.2) is 0 Å². The lowest BCUT2D eigenvalue weighted by atomic mass is 10.1. The van der Waals surface area contributed by atoms with E-state index in [1.807, 2.05) is 12.1 Å². The second-order valence-corrected chi connectivity index (χ2v) is 5.02. The quantitative estimate of drug-likeness (QED) is 0.923. The number of H-pyrrole nitrogens is 1. The molecule has 92 valence electrons. The minimum absolute atomic E-state index is 0.199. The number of halogens is 1. The molecule has 2 aromatic heterocycles. The molecular formula is C13H12ClN3O. The minimum atomic E-state index is -0.199. The summed E-state index contributed by atoms with van der Waals surface area (Å²) in [6.07, 6.45) is 5.34. The van der Waals surface area contributed by atoms with Crippen LogP contribution in [0.15, 0.2) is 29.2 Å². The zero-order valence-electron chi connectivity index (χ0n) is 9.69. The summed E-state index contributed by atoms with van der Waals surface area (Å²) in [7, 11) is 0. The van der Waals surface area contributed by atoms with Crippen LogP contribution in [0.25, 0.3) is 11.3 Å². The summed E-state index contributed by atoms with van der Waals surface area (Å²) in [5.74, 6) is 0.806. The maximum absolute atomic E-state index is 11.7. The Morgan fingerprint density at radius 3 is 2.83 bits per heavy atom. The lowest BCUT2D eigenvalue weighted by Crippen LogP contribution is -2.07. The predicted octanol–water partition coefficient (Wildman–Crippen LogP) is 2.44. The Morgan fingerprint density at radius 2 is 2.22 bits per heavy atom. The van der Waals surface area contributed by atoms with Gasteiger partial charge in [-0.15, -0.1) is 0 Å². The number of hydrogen-bond donors (Lipinski definition) is 1. The summed E-state index contributed by atoms with van der Waals surface area (Å²) in [6, 6.07) is 5.17. The first-order valence-corrected chi connectivity index (χ1v) is 6.31. The van der Waals surface area contributed by atoms with E-state index in [0.29, 0.717) is 11.3 Å². The molecule has 0 unspecified atom stereocenters. The van der Waals surface area contributed by atoms with Gasteiger partial charge in [-0.05, 0) is 37.3 Å². The van der Waals surface area contributed by atoms with Gasteiger partial charge in [0.2, 0.25) is 5.43 Å². The van der Waals surface area contributed by atoms with Crippen molar-refractivity contribution in [3.63, 3.8) is 0 Å². The molecule has 0 atom stereocenters. The second-order valence-electron chi connectivity index (χ2n) is 4.61. The molecule has 2 heterocycles. The maximum atomic E-state index is 11.7. The van der Waals surface area contributed by atoms with Gasteiger partial charge in [-0.1, -0.05) is 11.6 Å². The first kappa shape index (κ1) is 11.4. The lowest BCUT2D eigenvalue weighted by Gasteiger charge is -2.02. The van der Waals surface area contributed by atoms with Gasteiger partial charge >= 0.3 is 0 Å². The van der Waals surface area contributed by atoms with E-state index in [9.17, 15) is 4.79 Å². The van der Waals surface area contributed by atoms with Crippen molar-refractivity contribution in [2.45, 2.75) is 19.3 Å². The summed E-state index contributed by atoms with van der Waals surface area (Å²) in [5.41, 5.74) is 1.94. The average Bonchev–Trinajstić information content (AvgIpc) is 3.15. The fourth-order valence-corrected chi connectivity index (χ4v) is 2.03. The van der Waals surface area contributed by atoms with E-state index >= 15 is 0 Å². The molecule has 1 saturated carbocycles. The van der Waals surface area contributed by atoms with Gasteiger partial charge in [-0.3, -0.25) is 14.9 Å². The smallest absolute Gasteiger partial charge is 0.209 e. The van der Waals surface area contributed by atoms with Crippen LogP contribution in [-0.4, -0.2) is 15.2 Å². The first-order valence-electron chi connectivity index (χ1n) is 5.93. The van der Waals surface area contributed by atoms with Gasteiger partial charge in [-0.25, -0.2) is 0 Å². The molecule has 1 aliphatic carbocycles. The van der Waals surface area contributed by atoms with Crippen molar-refractivity contribution >= 4 is 11.6 Å². The van der Waals surface area contributed by atoms with Crippen molar-refractivity contribution in [3.8, 4) is 11.3 Å². The van der Waals surface area contributed by atoms with E-state index in [2.05, 4.69) is 15.2 Å². The zero-order valence-corrected chi connectivity index (χ0v) is 10.4. The molecule has 18 heavy (non-hydrogen) atoms. The predicted molar refractivity (Wildman–Crippen MR) is 69.5 cm³/mol. The molecule has 4 nitrogen and oxygen atoms in total. The molecule has 0 radical (unpaired) electrons. The van der Waals surface area contributed by atoms with E-state index in [4.69, 9.17) is 11.6 Å². The number of aromatic amines is 1. The molecule has 2 aromatic rings. The molecule has 0 aliphatic heterocycles. The Hall–Kier alpha value is -1.68. The topological polar surface area (TPSA) is 58.6 Å². The van der Waals surface area contributed by atoms with Crippen molar-refractivity contribution in [1.29, 1.82) is 0 Å². The molecule has 0 bridgehead atoms. The Morgan fingerprint density at radius 1 is 1.39 bits per heavy atom. The van der Waals surface area contributed by atoms with E-state index in [1.54, 1.807) is 6.20 Å². The molecule has 5 heteroatoms. The van der Waals surface area contributed by atoms with Crippen LogP contribution in [0, 0.1) is 5.92 Å². The SMILES string of the molecule is O=c1cc(Cl)[nH]nc1-c1ccc(CC2CC2)nc1. The molecule has 0 spiro atoms. The Kier molecular flexibility index (Phi) is 2.88. The first-order chi connectivity index (χ1) is 8.72. The highest BCUT2D eigenvalue weighted by molar-refractivity contribution is 6.29. The number of nitrogens with one attached hydrogen (secondary N) is 1. The van der Waals surface area contributed by atoms with Crippen LogP contribution in [0.4, 0.5) is 0 Å². The van der Waals surface area contributed by atoms with E-state index < -0.39 is 0 Å². The van der Waals surface area contributed by atoms with Crippen molar-refractivity contribution < 1.29 is 0 Å². The molecule has 3 rings (SSSR count). The van der Waals surface area contributed by atoms with Gasteiger partial charge in [0.05, 0.1) is 0 Å². The van der Waals surface area contributed by atoms with Crippen molar-refractivity contribution in [3.05, 3.63) is 45.5 Å². The van der Waals surface area contributed by atoms with Crippen LogP contribution in [-0.2, 0) is 6.42 Å². The van der Waals surface area contributed by atoms with Gasteiger partial charge < -0.3 is 0 Å². The Bertz CT molecular complexity index is 617. The molecule has 0 amide bonds. The third-order valence-corrected chi connectivity index (χ3v) is 3.25. The molecule has 1 fully saturated rings. The minimum Gasteiger partial charge on any atom is -0.287 e. The Labute approximate surface area is 109 Å². The van der Waals surface area contributed by atoms with Gasteiger partial charge in [0, 0.05) is 23.5 Å². The lowest BCUT2D eigenvalue weighted by molar-refractivity contribution is 0.804. The third kappa shape index (κ3) is 2.43. The van der Waals surface area contributed by atoms with Crippen molar-refractivity contribution in [2.24, 2.45) is 5.92 Å². The van der Waals surface area contributed by atoms with Crippen LogP contribution < -0.4 is 5.43 Å². The van der Waals surface area contributed by atoms with Crippen LogP contribution >= 0.6 is 11.6 Å². The summed E-state index contributed by atoms with van der Waals surface area (Å²) >= 11 is 5.66. The number of nitrogens with zero attached hydrogens (tertiary/aromatic N) is 2. The number of pyridine rings is 1. The summed E-state index contributed by atoms with van der Waals surface area (Å²) in [5, 5.41) is 6.76. The number of aromatic nitrogens is 3.